The summed E-state index contributed by atoms with van der Waals surface area (Å²) in [6.45, 7) is 10.2. The van der Waals surface area contributed by atoms with Crippen LogP contribution < -0.4 is 10.6 Å². The molecule has 3 atom stereocenters. The summed E-state index contributed by atoms with van der Waals surface area (Å²) in [5.74, 6) is 2.23. The van der Waals surface area contributed by atoms with Gasteiger partial charge in [-0.25, -0.2) is 0 Å². The van der Waals surface area contributed by atoms with Crippen molar-refractivity contribution in [3.05, 3.63) is 24.2 Å². The number of nitrogens with one attached hydrogen (secondary N) is 2. The molecule has 0 fully saturated rings. The van der Waals surface area contributed by atoms with Gasteiger partial charge in [0.25, 0.3) is 0 Å². The summed E-state index contributed by atoms with van der Waals surface area (Å²) in [7, 11) is 0. The molecule has 1 aliphatic rings. The van der Waals surface area contributed by atoms with E-state index in [1.54, 1.807) is 6.08 Å². The molecular formula is C13H23BrN2O. The van der Waals surface area contributed by atoms with Crippen LogP contribution in [0.1, 0.15) is 40.0 Å². The summed E-state index contributed by atoms with van der Waals surface area (Å²) in [6.07, 6.45) is 5.45. The fourth-order valence-corrected chi connectivity index (χ4v) is 2.07. The summed E-state index contributed by atoms with van der Waals surface area (Å²) in [5, 5.41) is 6.65. The Balaban J connectivity index is 2.53. The quantitative estimate of drug-likeness (QED) is 0.558. The third-order valence-corrected chi connectivity index (χ3v) is 3.07. The maximum absolute atomic E-state index is 5.85. The Morgan fingerprint density at radius 1 is 1.59 bits per heavy atom. The van der Waals surface area contributed by atoms with E-state index in [4.69, 9.17) is 4.74 Å². The Kier molecular flexibility index (Phi) is 5.89. The zero-order valence-electron chi connectivity index (χ0n) is 10.9. The summed E-state index contributed by atoms with van der Waals surface area (Å²) >= 11 is 3.46. The van der Waals surface area contributed by atoms with Crippen LogP contribution in [-0.4, -0.2) is 11.2 Å². The van der Waals surface area contributed by atoms with Crippen molar-refractivity contribution >= 4 is 15.9 Å². The van der Waals surface area contributed by atoms with E-state index in [2.05, 4.69) is 47.0 Å². The SMILES string of the molecule is C=CC1=C(NC(C)Br)NC(C(C)CCCC)O1. The minimum absolute atomic E-state index is 0.0586. The van der Waals surface area contributed by atoms with Gasteiger partial charge in [-0.2, -0.15) is 0 Å². The van der Waals surface area contributed by atoms with E-state index in [1.165, 1.54) is 19.3 Å². The van der Waals surface area contributed by atoms with Gasteiger partial charge >= 0.3 is 0 Å². The molecule has 98 valence electrons. The van der Waals surface area contributed by atoms with Crippen molar-refractivity contribution in [2.24, 2.45) is 5.92 Å². The number of alkyl halides is 1. The van der Waals surface area contributed by atoms with Gasteiger partial charge in [0.2, 0.25) is 0 Å². The van der Waals surface area contributed by atoms with Crippen LogP contribution in [0.15, 0.2) is 24.2 Å². The first-order valence-corrected chi connectivity index (χ1v) is 7.20. The molecule has 0 aromatic heterocycles. The van der Waals surface area contributed by atoms with Gasteiger partial charge in [0.15, 0.2) is 12.0 Å². The molecule has 17 heavy (non-hydrogen) atoms. The van der Waals surface area contributed by atoms with Crippen LogP contribution in [0.3, 0.4) is 0 Å². The molecule has 0 saturated carbocycles. The number of allylic oxidation sites excluding steroid dienone is 1. The number of halogens is 1. The molecule has 1 rings (SSSR count). The molecular weight excluding hydrogens is 280 g/mol. The van der Waals surface area contributed by atoms with Crippen molar-refractivity contribution in [2.45, 2.75) is 51.2 Å². The summed E-state index contributed by atoms with van der Waals surface area (Å²) < 4.78 is 5.85. The lowest BCUT2D eigenvalue weighted by molar-refractivity contribution is 0.0803. The molecule has 2 N–H and O–H groups in total. The van der Waals surface area contributed by atoms with Crippen LogP contribution in [-0.2, 0) is 4.74 Å². The molecule has 1 heterocycles. The molecule has 0 aliphatic carbocycles. The number of unbranched alkanes of at least 4 members (excludes halogenated alkanes) is 1. The van der Waals surface area contributed by atoms with Gasteiger partial charge in [-0.1, -0.05) is 49.2 Å². The highest BCUT2D eigenvalue weighted by Crippen LogP contribution is 2.23. The predicted molar refractivity (Wildman–Crippen MR) is 75.4 cm³/mol. The Bertz CT molecular complexity index is 289. The van der Waals surface area contributed by atoms with Crippen molar-refractivity contribution in [1.29, 1.82) is 0 Å². The van der Waals surface area contributed by atoms with Crippen molar-refractivity contribution in [3.63, 3.8) is 0 Å². The first kappa shape index (κ1) is 14.4. The average molecular weight is 303 g/mol. The highest BCUT2D eigenvalue weighted by atomic mass is 79.9. The highest BCUT2D eigenvalue weighted by Gasteiger charge is 2.27. The van der Waals surface area contributed by atoms with Crippen LogP contribution in [0.2, 0.25) is 0 Å². The van der Waals surface area contributed by atoms with Crippen LogP contribution in [0, 0.1) is 5.92 Å². The molecule has 3 nitrogen and oxygen atoms in total. The Hall–Kier alpha value is -0.640. The maximum Gasteiger partial charge on any atom is 0.173 e. The fourth-order valence-electron chi connectivity index (χ4n) is 1.84. The highest BCUT2D eigenvalue weighted by molar-refractivity contribution is 9.09. The molecule has 0 radical (unpaired) electrons. The van der Waals surface area contributed by atoms with Crippen molar-refractivity contribution in [3.8, 4) is 0 Å². The number of hydrogen-bond donors (Lipinski definition) is 2. The zero-order chi connectivity index (χ0) is 12.8. The number of rotatable bonds is 7. The second kappa shape index (κ2) is 6.94. The lowest BCUT2D eigenvalue weighted by Gasteiger charge is -2.20. The molecule has 0 aromatic carbocycles. The average Bonchev–Trinajstić information content (AvgIpc) is 2.68. The summed E-state index contributed by atoms with van der Waals surface area (Å²) in [6, 6.07) is 0. The summed E-state index contributed by atoms with van der Waals surface area (Å²) in [5.41, 5.74) is 0. The first-order valence-electron chi connectivity index (χ1n) is 6.29. The molecule has 1 aliphatic heterocycles. The van der Waals surface area contributed by atoms with Gasteiger partial charge in [0.05, 0.1) is 4.95 Å². The molecule has 4 heteroatoms. The third kappa shape index (κ3) is 4.26. The van der Waals surface area contributed by atoms with Crippen molar-refractivity contribution in [1.82, 2.24) is 10.6 Å². The normalized spacial score (nSPS) is 22.7. The molecule has 0 amide bonds. The van der Waals surface area contributed by atoms with Gasteiger partial charge < -0.3 is 15.4 Å². The van der Waals surface area contributed by atoms with Gasteiger partial charge in [-0.05, 0) is 19.4 Å². The molecule has 0 aromatic rings. The third-order valence-electron chi connectivity index (χ3n) is 2.85. The van der Waals surface area contributed by atoms with Gasteiger partial charge in [-0.15, -0.1) is 0 Å². The topological polar surface area (TPSA) is 33.3 Å². The minimum Gasteiger partial charge on any atom is -0.467 e. The smallest absolute Gasteiger partial charge is 0.173 e. The van der Waals surface area contributed by atoms with Gasteiger partial charge in [0.1, 0.15) is 5.82 Å². The second-order valence-electron chi connectivity index (χ2n) is 4.51. The van der Waals surface area contributed by atoms with Gasteiger partial charge in [0, 0.05) is 5.92 Å². The lowest BCUT2D eigenvalue weighted by atomic mass is 10.0. The van der Waals surface area contributed by atoms with Crippen LogP contribution in [0.25, 0.3) is 0 Å². The largest absolute Gasteiger partial charge is 0.467 e. The second-order valence-corrected chi connectivity index (χ2v) is 5.88. The zero-order valence-corrected chi connectivity index (χ0v) is 12.5. The van der Waals surface area contributed by atoms with E-state index in [0.717, 1.165) is 11.6 Å². The molecule has 0 spiro atoms. The van der Waals surface area contributed by atoms with E-state index < -0.39 is 0 Å². The summed E-state index contributed by atoms with van der Waals surface area (Å²) in [4.78, 5) is 0.202. The molecule has 3 unspecified atom stereocenters. The monoisotopic (exact) mass is 302 g/mol. The van der Waals surface area contributed by atoms with Crippen molar-refractivity contribution < 1.29 is 4.74 Å². The fraction of sp³-hybridized carbons (Fsp3) is 0.692. The molecule has 0 saturated heterocycles. The van der Waals surface area contributed by atoms with Gasteiger partial charge in [-0.3, -0.25) is 0 Å². The molecule has 0 bridgehead atoms. The Morgan fingerprint density at radius 3 is 2.82 bits per heavy atom. The Labute approximate surface area is 113 Å². The van der Waals surface area contributed by atoms with Crippen LogP contribution >= 0.6 is 15.9 Å². The van der Waals surface area contributed by atoms with E-state index in [-0.39, 0.29) is 11.2 Å². The predicted octanol–water partition coefficient (Wildman–Crippen LogP) is 3.44. The standard InChI is InChI=1S/C13H23BrN2O/c1-5-7-8-9(3)13-16-12(15-10(4)14)11(6-2)17-13/h6,9-10,13,15-16H,2,5,7-8H2,1,3-4H3. The minimum atomic E-state index is 0.0586. The van der Waals surface area contributed by atoms with E-state index in [9.17, 15) is 0 Å². The lowest BCUT2D eigenvalue weighted by Crippen LogP contribution is -2.36. The van der Waals surface area contributed by atoms with E-state index in [0.29, 0.717) is 5.92 Å². The van der Waals surface area contributed by atoms with E-state index >= 15 is 0 Å². The number of hydrogen-bond acceptors (Lipinski definition) is 3. The van der Waals surface area contributed by atoms with Crippen molar-refractivity contribution in [2.75, 3.05) is 0 Å². The maximum atomic E-state index is 5.85. The van der Waals surface area contributed by atoms with Crippen LogP contribution in [0.5, 0.6) is 0 Å². The van der Waals surface area contributed by atoms with Crippen LogP contribution in [0.4, 0.5) is 0 Å². The van der Waals surface area contributed by atoms with E-state index in [1.807, 2.05) is 6.92 Å². The number of ether oxygens (including phenoxy) is 1. The Morgan fingerprint density at radius 2 is 2.29 bits per heavy atom. The first-order chi connectivity index (χ1) is 8.08.